The Morgan fingerprint density at radius 1 is 1.11 bits per heavy atom. The Morgan fingerprint density at radius 2 is 1.81 bits per heavy atom. The van der Waals surface area contributed by atoms with Crippen molar-refractivity contribution in [1.29, 1.82) is 0 Å². The number of benzene rings is 2. The van der Waals surface area contributed by atoms with Gasteiger partial charge in [-0.1, -0.05) is 61.9 Å². The average molecular weight is 510 g/mol. The second kappa shape index (κ2) is 12.7. The molecule has 0 saturated heterocycles. The number of hydrogen-bond donors (Lipinski definition) is 4. The minimum absolute atomic E-state index is 0. The SMILES string of the molecule is CC1CCCCC1OC(=O)N[C@](C)(Cc1c[nH]c2ccccc12)C(=O)N[C@H](CO)Cc1ccccc1.O. The third kappa shape index (κ3) is 7.11. The van der Waals surface area contributed by atoms with Gasteiger partial charge < -0.3 is 30.9 Å². The van der Waals surface area contributed by atoms with E-state index in [9.17, 15) is 14.7 Å². The number of alkyl carbamates (subject to hydrolysis) is 1. The zero-order valence-corrected chi connectivity index (χ0v) is 21.6. The summed E-state index contributed by atoms with van der Waals surface area (Å²) < 4.78 is 5.80. The second-order valence-corrected chi connectivity index (χ2v) is 10.2. The fourth-order valence-electron chi connectivity index (χ4n) is 5.09. The molecule has 1 aliphatic carbocycles. The van der Waals surface area contributed by atoms with Gasteiger partial charge in [-0.05, 0) is 55.7 Å². The van der Waals surface area contributed by atoms with Gasteiger partial charge in [0.1, 0.15) is 11.6 Å². The summed E-state index contributed by atoms with van der Waals surface area (Å²) in [7, 11) is 0. The molecule has 0 spiro atoms. The third-order valence-corrected chi connectivity index (χ3v) is 7.27. The number of nitrogens with one attached hydrogen (secondary N) is 3. The molecule has 1 aromatic heterocycles. The lowest BCUT2D eigenvalue weighted by atomic mass is 9.88. The minimum Gasteiger partial charge on any atom is -0.446 e. The predicted octanol–water partition coefficient (Wildman–Crippen LogP) is 3.67. The van der Waals surface area contributed by atoms with Crippen molar-refractivity contribution >= 4 is 22.9 Å². The number of aromatic nitrogens is 1. The van der Waals surface area contributed by atoms with Gasteiger partial charge >= 0.3 is 6.09 Å². The van der Waals surface area contributed by atoms with Gasteiger partial charge in [0.25, 0.3) is 0 Å². The summed E-state index contributed by atoms with van der Waals surface area (Å²) in [4.78, 5) is 30.0. The summed E-state index contributed by atoms with van der Waals surface area (Å²) in [6.07, 6.45) is 5.93. The number of carbonyl (C=O) groups is 2. The van der Waals surface area contributed by atoms with Crippen LogP contribution in [0, 0.1) is 5.92 Å². The molecule has 4 atom stereocenters. The van der Waals surface area contributed by atoms with Crippen molar-refractivity contribution in [3.05, 3.63) is 71.9 Å². The van der Waals surface area contributed by atoms with Gasteiger partial charge in [-0.15, -0.1) is 0 Å². The molecule has 2 amide bonds. The quantitative estimate of drug-likeness (QED) is 0.350. The summed E-state index contributed by atoms with van der Waals surface area (Å²) in [6, 6.07) is 17.1. The van der Waals surface area contributed by atoms with E-state index in [0.29, 0.717) is 12.3 Å². The summed E-state index contributed by atoms with van der Waals surface area (Å²) in [6.45, 7) is 3.60. The van der Waals surface area contributed by atoms with Crippen LogP contribution in [0.2, 0.25) is 0 Å². The molecule has 200 valence electrons. The monoisotopic (exact) mass is 509 g/mol. The molecular formula is C29H39N3O5. The Balaban J connectivity index is 0.00000380. The molecule has 3 aromatic rings. The standard InChI is InChI=1S/C29H37N3O4.H2O/c1-20-10-6-9-15-26(20)36-28(35)32-29(2,17-22-18-30-25-14-8-7-13-24(22)25)27(34)31-23(19-33)16-21-11-4-3-5-12-21;/h3-5,7-8,11-14,18,20,23,26,30,33H,6,9-10,15-17,19H2,1-2H3,(H,31,34)(H,32,35);1H2/t20?,23-,26?,29+;/m0./s1. The van der Waals surface area contributed by atoms with Crippen LogP contribution in [-0.2, 0) is 22.4 Å². The number of amides is 2. The maximum Gasteiger partial charge on any atom is 0.408 e. The maximum absolute atomic E-state index is 13.7. The smallest absolute Gasteiger partial charge is 0.408 e. The molecule has 1 heterocycles. The van der Waals surface area contributed by atoms with Crippen LogP contribution in [0.5, 0.6) is 0 Å². The average Bonchev–Trinajstić information content (AvgIpc) is 3.28. The zero-order chi connectivity index (χ0) is 25.5. The molecule has 4 rings (SSSR count). The van der Waals surface area contributed by atoms with Gasteiger partial charge in [0, 0.05) is 23.5 Å². The molecule has 0 radical (unpaired) electrons. The summed E-state index contributed by atoms with van der Waals surface area (Å²) in [5, 5.41) is 16.8. The number of aromatic amines is 1. The third-order valence-electron chi connectivity index (χ3n) is 7.27. The van der Waals surface area contributed by atoms with Gasteiger partial charge in [-0.25, -0.2) is 4.79 Å². The first kappa shape index (κ1) is 28.2. The van der Waals surface area contributed by atoms with E-state index in [2.05, 4.69) is 22.5 Å². The lowest BCUT2D eigenvalue weighted by molar-refractivity contribution is -0.128. The number of carbonyl (C=O) groups excluding carboxylic acids is 2. The number of rotatable bonds is 9. The Bertz CT molecular complexity index is 1160. The van der Waals surface area contributed by atoms with Crippen molar-refractivity contribution in [3.63, 3.8) is 0 Å². The number of para-hydroxylation sites is 1. The van der Waals surface area contributed by atoms with Crippen LogP contribution >= 0.6 is 0 Å². The first-order chi connectivity index (χ1) is 17.4. The van der Waals surface area contributed by atoms with Crippen molar-refractivity contribution in [2.45, 2.75) is 70.1 Å². The van der Waals surface area contributed by atoms with Gasteiger partial charge in [0.2, 0.25) is 5.91 Å². The van der Waals surface area contributed by atoms with E-state index in [1.54, 1.807) is 6.92 Å². The van der Waals surface area contributed by atoms with E-state index in [-0.39, 0.29) is 30.5 Å². The normalized spacial score (nSPS) is 19.8. The highest BCUT2D eigenvalue weighted by atomic mass is 16.6. The zero-order valence-electron chi connectivity index (χ0n) is 21.6. The van der Waals surface area contributed by atoms with Crippen LogP contribution in [0.4, 0.5) is 4.79 Å². The van der Waals surface area contributed by atoms with Crippen LogP contribution in [0.1, 0.15) is 50.7 Å². The number of aliphatic hydroxyl groups is 1. The first-order valence-corrected chi connectivity index (χ1v) is 12.9. The number of ether oxygens (including phenoxy) is 1. The largest absolute Gasteiger partial charge is 0.446 e. The molecule has 2 unspecified atom stereocenters. The Hall–Kier alpha value is -3.36. The molecule has 8 nitrogen and oxygen atoms in total. The Kier molecular flexibility index (Phi) is 9.72. The number of fused-ring (bicyclic) bond motifs is 1. The molecule has 2 aromatic carbocycles. The lowest BCUT2D eigenvalue weighted by Crippen LogP contribution is -2.60. The number of hydrogen-bond acceptors (Lipinski definition) is 4. The molecule has 8 heteroatoms. The van der Waals surface area contributed by atoms with E-state index >= 15 is 0 Å². The van der Waals surface area contributed by atoms with Crippen LogP contribution in [0.15, 0.2) is 60.8 Å². The summed E-state index contributed by atoms with van der Waals surface area (Å²) in [5.74, 6) is -0.0701. The molecule has 1 saturated carbocycles. The van der Waals surface area contributed by atoms with Gasteiger partial charge in [0.05, 0.1) is 12.6 Å². The summed E-state index contributed by atoms with van der Waals surface area (Å²) >= 11 is 0. The number of aliphatic hydroxyl groups excluding tert-OH is 1. The van der Waals surface area contributed by atoms with E-state index in [1.807, 2.05) is 60.8 Å². The van der Waals surface area contributed by atoms with E-state index < -0.39 is 17.7 Å². The molecule has 0 bridgehead atoms. The fraction of sp³-hybridized carbons (Fsp3) is 0.448. The predicted molar refractivity (Wildman–Crippen MR) is 144 cm³/mol. The van der Waals surface area contributed by atoms with Gasteiger partial charge in [-0.3, -0.25) is 4.79 Å². The molecule has 6 N–H and O–H groups in total. The highest BCUT2D eigenvalue weighted by Gasteiger charge is 2.38. The van der Waals surface area contributed by atoms with Crippen LogP contribution in [0.25, 0.3) is 10.9 Å². The maximum atomic E-state index is 13.7. The van der Waals surface area contributed by atoms with Gasteiger partial charge in [-0.2, -0.15) is 0 Å². The van der Waals surface area contributed by atoms with Gasteiger partial charge in [0.15, 0.2) is 0 Å². The Labute approximate surface area is 218 Å². The highest BCUT2D eigenvalue weighted by Crippen LogP contribution is 2.27. The van der Waals surface area contributed by atoms with Crippen molar-refractivity contribution < 1.29 is 24.9 Å². The molecule has 37 heavy (non-hydrogen) atoms. The highest BCUT2D eigenvalue weighted by molar-refractivity contribution is 5.91. The Morgan fingerprint density at radius 3 is 2.54 bits per heavy atom. The van der Waals surface area contributed by atoms with Crippen LogP contribution < -0.4 is 10.6 Å². The first-order valence-electron chi connectivity index (χ1n) is 12.9. The fourth-order valence-corrected chi connectivity index (χ4v) is 5.09. The number of H-pyrrole nitrogens is 1. The molecule has 0 aliphatic heterocycles. The summed E-state index contributed by atoms with van der Waals surface area (Å²) in [5.41, 5.74) is 1.60. The van der Waals surface area contributed by atoms with Crippen molar-refractivity contribution in [2.24, 2.45) is 5.92 Å². The lowest BCUT2D eigenvalue weighted by Gasteiger charge is -2.33. The molecule has 1 fully saturated rings. The van der Waals surface area contributed by atoms with Crippen molar-refractivity contribution in [1.82, 2.24) is 15.6 Å². The van der Waals surface area contributed by atoms with E-state index in [0.717, 1.165) is 47.7 Å². The second-order valence-electron chi connectivity index (χ2n) is 10.2. The van der Waals surface area contributed by atoms with Crippen molar-refractivity contribution in [2.75, 3.05) is 6.61 Å². The van der Waals surface area contributed by atoms with Crippen molar-refractivity contribution in [3.8, 4) is 0 Å². The molecular weight excluding hydrogens is 470 g/mol. The molecule has 1 aliphatic rings. The van der Waals surface area contributed by atoms with E-state index in [4.69, 9.17) is 4.74 Å². The topological polar surface area (TPSA) is 135 Å². The van der Waals surface area contributed by atoms with Crippen LogP contribution in [0.3, 0.4) is 0 Å². The van der Waals surface area contributed by atoms with Crippen LogP contribution in [-0.4, -0.2) is 51.9 Å². The van der Waals surface area contributed by atoms with E-state index in [1.165, 1.54) is 0 Å². The minimum atomic E-state index is -1.29.